The number of benzene rings is 2. The predicted octanol–water partition coefficient (Wildman–Crippen LogP) is 5.60. The van der Waals surface area contributed by atoms with Crippen LogP contribution in [-0.2, 0) is 0 Å². The van der Waals surface area contributed by atoms with Crippen LogP contribution in [-0.4, -0.2) is 11.1 Å². The number of hydrogen-bond acceptors (Lipinski definition) is 1. The highest BCUT2D eigenvalue weighted by Crippen LogP contribution is 2.28. The third-order valence-electron chi connectivity index (χ3n) is 3.33. The van der Waals surface area contributed by atoms with E-state index in [4.69, 9.17) is 0 Å². The van der Waals surface area contributed by atoms with Gasteiger partial charge in [-0.1, -0.05) is 60.1 Å². The van der Waals surface area contributed by atoms with Gasteiger partial charge in [-0.3, -0.25) is 0 Å². The number of halogens is 1. The molecule has 0 radical (unpaired) electrons. The summed E-state index contributed by atoms with van der Waals surface area (Å²) in [5.41, 5.74) is 0. The van der Waals surface area contributed by atoms with Crippen LogP contribution in [0, 0.1) is 11.8 Å². The number of fused-ring (bicyclic) bond motifs is 1. The van der Waals surface area contributed by atoms with Crippen LogP contribution in [0.4, 0.5) is 0 Å². The first kappa shape index (κ1) is 14.0. The van der Waals surface area contributed by atoms with Crippen molar-refractivity contribution >= 4 is 38.5 Å². The van der Waals surface area contributed by atoms with Gasteiger partial charge >= 0.3 is 0 Å². The average molecular weight is 323 g/mol. The fourth-order valence-corrected chi connectivity index (χ4v) is 4.44. The van der Waals surface area contributed by atoms with Gasteiger partial charge in [-0.05, 0) is 34.7 Å². The number of thioether (sulfide) groups is 1. The first-order valence-corrected chi connectivity index (χ1v) is 8.49. The zero-order valence-corrected chi connectivity index (χ0v) is 13.3. The molecule has 0 nitrogen and oxygen atoms in total. The number of hydrogen-bond donors (Lipinski definition) is 0. The Labute approximate surface area is 122 Å². The molecule has 0 N–H and O–H groups in total. The molecule has 1 unspecified atom stereocenters. The molecule has 0 saturated heterocycles. The van der Waals surface area contributed by atoms with Gasteiger partial charge in [0.2, 0.25) is 0 Å². The molecule has 1 atom stereocenters. The molecule has 0 heterocycles. The Kier molecular flexibility index (Phi) is 5.13. The molecule has 96 valence electrons. The van der Waals surface area contributed by atoms with Crippen LogP contribution in [0.2, 0.25) is 0 Å². The van der Waals surface area contributed by atoms with E-state index in [-0.39, 0.29) is 0 Å². The lowest BCUT2D eigenvalue weighted by Crippen LogP contribution is -2.12. The number of alkyl halides is 1. The SMILES string of the molecule is CC(C)C(CBr)CSc1ccc2ccccc2c1. The molecular weight excluding hydrogens is 304 g/mol. The molecule has 0 aliphatic heterocycles. The minimum absolute atomic E-state index is 0.734. The Morgan fingerprint density at radius 2 is 1.78 bits per heavy atom. The van der Waals surface area contributed by atoms with Crippen molar-refractivity contribution in [3.05, 3.63) is 42.5 Å². The predicted molar refractivity (Wildman–Crippen MR) is 86.8 cm³/mol. The van der Waals surface area contributed by atoms with E-state index in [2.05, 4.69) is 72.2 Å². The quantitative estimate of drug-likeness (QED) is 0.510. The van der Waals surface area contributed by atoms with E-state index in [9.17, 15) is 0 Å². The molecule has 2 aromatic carbocycles. The summed E-state index contributed by atoms with van der Waals surface area (Å²) in [6, 6.07) is 15.3. The summed E-state index contributed by atoms with van der Waals surface area (Å²) in [7, 11) is 0. The lowest BCUT2D eigenvalue weighted by atomic mass is 10.0. The lowest BCUT2D eigenvalue weighted by Gasteiger charge is -2.17. The van der Waals surface area contributed by atoms with Gasteiger partial charge in [0.05, 0.1) is 0 Å². The maximum atomic E-state index is 3.62. The van der Waals surface area contributed by atoms with Crippen molar-refractivity contribution in [3.8, 4) is 0 Å². The van der Waals surface area contributed by atoms with E-state index in [0.29, 0.717) is 0 Å². The van der Waals surface area contributed by atoms with E-state index in [1.54, 1.807) is 0 Å². The Bertz CT molecular complexity index is 507. The van der Waals surface area contributed by atoms with Gasteiger partial charge in [0.1, 0.15) is 0 Å². The second kappa shape index (κ2) is 6.63. The Balaban J connectivity index is 2.07. The van der Waals surface area contributed by atoms with Gasteiger partial charge in [-0.25, -0.2) is 0 Å². The molecule has 0 aromatic heterocycles. The highest BCUT2D eigenvalue weighted by Gasteiger charge is 2.12. The van der Waals surface area contributed by atoms with Crippen molar-refractivity contribution in [2.24, 2.45) is 11.8 Å². The van der Waals surface area contributed by atoms with Gasteiger partial charge in [0, 0.05) is 16.0 Å². The lowest BCUT2D eigenvalue weighted by molar-refractivity contribution is 0.474. The van der Waals surface area contributed by atoms with Crippen molar-refractivity contribution in [2.75, 3.05) is 11.1 Å². The smallest absolute Gasteiger partial charge is 0.00784 e. The first-order valence-electron chi connectivity index (χ1n) is 6.38. The first-order chi connectivity index (χ1) is 8.70. The minimum Gasteiger partial charge on any atom is -0.126 e. The summed E-state index contributed by atoms with van der Waals surface area (Å²) in [5.74, 6) is 2.65. The van der Waals surface area contributed by atoms with E-state index in [1.807, 2.05) is 11.8 Å². The summed E-state index contributed by atoms with van der Waals surface area (Å²) in [6.07, 6.45) is 0. The Morgan fingerprint density at radius 1 is 1.06 bits per heavy atom. The molecule has 2 rings (SSSR count). The molecule has 0 aliphatic rings. The monoisotopic (exact) mass is 322 g/mol. The van der Waals surface area contributed by atoms with E-state index >= 15 is 0 Å². The van der Waals surface area contributed by atoms with Crippen molar-refractivity contribution in [2.45, 2.75) is 18.7 Å². The largest absolute Gasteiger partial charge is 0.126 e. The maximum absolute atomic E-state index is 3.62. The molecule has 0 fully saturated rings. The summed E-state index contributed by atoms with van der Waals surface area (Å²) in [5, 5.41) is 3.75. The number of rotatable bonds is 5. The zero-order valence-electron chi connectivity index (χ0n) is 10.9. The average Bonchev–Trinajstić information content (AvgIpc) is 2.39. The van der Waals surface area contributed by atoms with Crippen molar-refractivity contribution in [1.82, 2.24) is 0 Å². The molecule has 0 aliphatic carbocycles. The van der Waals surface area contributed by atoms with Gasteiger partial charge in [-0.15, -0.1) is 11.8 Å². The Hall–Kier alpha value is -0.470. The van der Waals surface area contributed by atoms with Crippen LogP contribution < -0.4 is 0 Å². The zero-order chi connectivity index (χ0) is 13.0. The van der Waals surface area contributed by atoms with Crippen LogP contribution in [0.5, 0.6) is 0 Å². The molecular formula is C16H19BrS. The standard InChI is InChI=1S/C16H19BrS/c1-12(2)15(10-17)11-18-16-8-7-13-5-3-4-6-14(13)9-16/h3-9,12,15H,10-11H2,1-2H3. The van der Waals surface area contributed by atoms with Crippen LogP contribution in [0.25, 0.3) is 10.8 Å². The maximum Gasteiger partial charge on any atom is 0.00784 e. The van der Waals surface area contributed by atoms with Crippen molar-refractivity contribution < 1.29 is 0 Å². The molecule has 0 saturated carbocycles. The molecule has 0 spiro atoms. The molecule has 2 aromatic rings. The third-order valence-corrected chi connectivity index (χ3v) is 5.34. The van der Waals surface area contributed by atoms with E-state index in [1.165, 1.54) is 21.4 Å². The highest BCUT2D eigenvalue weighted by molar-refractivity contribution is 9.09. The van der Waals surface area contributed by atoms with Crippen LogP contribution in [0.3, 0.4) is 0 Å². The highest BCUT2D eigenvalue weighted by atomic mass is 79.9. The molecule has 2 heteroatoms. The van der Waals surface area contributed by atoms with Crippen LogP contribution in [0.15, 0.2) is 47.4 Å². The van der Waals surface area contributed by atoms with Crippen LogP contribution >= 0.6 is 27.7 Å². The van der Waals surface area contributed by atoms with Gasteiger partial charge < -0.3 is 0 Å². The summed E-state index contributed by atoms with van der Waals surface area (Å²) in [4.78, 5) is 1.38. The summed E-state index contributed by atoms with van der Waals surface area (Å²) < 4.78 is 0. The molecule has 18 heavy (non-hydrogen) atoms. The van der Waals surface area contributed by atoms with Crippen molar-refractivity contribution in [3.63, 3.8) is 0 Å². The van der Waals surface area contributed by atoms with Gasteiger partial charge in [-0.2, -0.15) is 0 Å². The second-order valence-corrected chi connectivity index (χ2v) is 6.72. The summed E-state index contributed by atoms with van der Waals surface area (Å²) in [6.45, 7) is 4.60. The Morgan fingerprint density at radius 3 is 2.44 bits per heavy atom. The second-order valence-electron chi connectivity index (χ2n) is 4.98. The van der Waals surface area contributed by atoms with Crippen LogP contribution in [0.1, 0.15) is 13.8 Å². The third kappa shape index (κ3) is 3.52. The van der Waals surface area contributed by atoms with Crippen molar-refractivity contribution in [1.29, 1.82) is 0 Å². The fourth-order valence-electron chi connectivity index (χ4n) is 1.88. The minimum atomic E-state index is 0.734. The van der Waals surface area contributed by atoms with E-state index in [0.717, 1.165) is 17.2 Å². The molecule has 0 bridgehead atoms. The normalized spacial score (nSPS) is 13.1. The van der Waals surface area contributed by atoms with Gasteiger partial charge in [0.15, 0.2) is 0 Å². The van der Waals surface area contributed by atoms with E-state index < -0.39 is 0 Å². The molecule has 0 amide bonds. The summed E-state index contributed by atoms with van der Waals surface area (Å²) >= 11 is 5.58. The topological polar surface area (TPSA) is 0 Å². The van der Waals surface area contributed by atoms with Gasteiger partial charge in [0.25, 0.3) is 0 Å². The fraction of sp³-hybridized carbons (Fsp3) is 0.375.